The molecule has 0 saturated carbocycles. The fraction of sp³-hybridized carbons (Fsp3) is 0.188. The van der Waals surface area contributed by atoms with Gasteiger partial charge in [-0.05, 0) is 37.3 Å². The first-order valence-electron chi connectivity index (χ1n) is 6.59. The molecule has 0 atom stereocenters. The van der Waals surface area contributed by atoms with E-state index in [-0.39, 0.29) is 5.91 Å². The maximum Gasteiger partial charge on any atom is 0.261 e. The van der Waals surface area contributed by atoms with Gasteiger partial charge in [-0.25, -0.2) is 0 Å². The van der Waals surface area contributed by atoms with Crippen LogP contribution in [0, 0.1) is 0 Å². The zero-order valence-electron chi connectivity index (χ0n) is 12.0. The van der Waals surface area contributed by atoms with Crippen LogP contribution in [0.1, 0.15) is 17.3 Å². The van der Waals surface area contributed by atoms with Crippen molar-refractivity contribution in [2.45, 2.75) is 6.92 Å². The second-order valence-electron chi connectivity index (χ2n) is 4.50. The van der Waals surface area contributed by atoms with Gasteiger partial charge in [-0.15, -0.1) is 0 Å². The summed E-state index contributed by atoms with van der Waals surface area (Å²) in [4.78, 5) is 14.2. The molecule has 0 aliphatic heterocycles. The van der Waals surface area contributed by atoms with Crippen molar-refractivity contribution < 1.29 is 9.53 Å². The Morgan fingerprint density at radius 3 is 2.67 bits per heavy atom. The van der Waals surface area contributed by atoms with Crippen molar-refractivity contribution >= 4 is 33.2 Å². The first-order chi connectivity index (χ1) is 10.0. The minimum absolute atomic E-state index is 0.159. The Balaban J connectivity index is 2.35. The number of nitrogens with zero attached hydrogens (tertiary/aromatic N) is 1. The predicted molar refractivity (Wildman–Crippen MR) is 88.9 cm³/mol. The monoisotopic (exact) mass is 348 g/mol. The number of halogens is 1. The van der Waals surface area contributed by atoms with Gasteiger partial charge in [0, 0.05) is 11.5 Å². The summed E-state index contributed by atoms with van der Waals surface area (Å²) >= 11 is 3.36. The highest BCUT2D eigenvalue weighted by Gasteiger charge is 2.19. The molecule has 0 spiro atoms. The van der Waals surface area contributed by atoms with Crippen molar-refractivity contribution in [2.24, 2.45) is 0 Å². The maximum atomic E-state index is 12.7. The van der Waals surface area contributed by atoms with Crippen LogP contribution in [0.5, 0.6) is 5.75 Å². The van der Waals surface area contributed by atoms with E-state index in [9.17, 15) is 4.79 Å². The first kappa shape index (κ1) is 15.4. The van der Waals surface area contributed by atoms with Gasteiger partial charge >= 0.3 is 0 Å². The van der Waals surface area contributed by atoms with Crippen molar-refractivity contribution in [3.8, 4) is 5.75 Å². The quantitative estimate of drug-likeness (QED) is 0.857. The minimum Gasteiger partial charge on any atom is -0.493 e. The maximum absolute atomic E-state index is 12.7. The standard InChI is InChI=1S/C16H17BrN2O2/c1-3-21-15-7-5-4-6-12(15)16(20)19(2)14-9-8-11(17)10-13(14)18/h4-10H,3,18H2,1-2H3. The van der Waals surface area contributed by atoms with Crippen LogP contribution in [0.25, 0.3) is 0 Å². The third-order valence-corrected chi connectivity index (χ3v) is 3.57. The van der Waals surface area contributed by atoms with Gasteiger partial charge in [0.05, 0.1) is 23.5 Å². The Morgan fingerprint density at radius 1 is 1.29 bits per heavy atom. The minimum atomic E-state index is -0.159. The van der Waals surface area contributed by atoms with Crippen LogP contribution in [0.3, 0.4) is 0 Å². The molecule has 110 valence electrons. The average molecular weight is 349 g/mol. The van der Waals surface area contributed by atoms with Gasteiger partial charge in [0.1, 0.15) is 5.75 Å². The summed E-state index contributed by atoms with van der Waals surface area (Å²) in [5.41, 5.74) is 7.70. The van der Waals surface area contributed by atoms with Crippen LogP contribution in [-0.4, -0.2) is 19.6 Å². The lowest BCUT2D eigenvalue weighted by Gasteiger charge is -2.20. The molecule has 5 heteroatoms. The third-order valence-electron chi connectivity index (χ3n) is 3.07. The highest BCUT2D eigenvalue weighted by atomic mass is 79.9. The highest BCUT2D eigenvalue weighted by Crippen LogP contribution is 2.28. The molecular formula is C16H17BrN2O2. The Bertz CT molecular complexity index is 658. The molecule has 0 aliphatic carbocycles. The molecule has 0 fully saturated rings. The van der Waals surface area contributed by atoms with E-state index in [0.717, 1.165) is 4.47 Å². The number of hydrogen-bond acceptors (Lipinski definition) is 3. The smallest absolute Gasteiger partial charge is 0.261 e. The fourth-order valence-electron chi connectivity index (χ4n) is 2.05. The number of amides is 1. The molecule has 1 amide bonds. The largest absolute Gasteiger partial charge is 0.493 e. The van der Waals surface area contributed by atoms with E-state index >= 15 is 0 Å². The molecule has 0 heterocycles. The van der Waals surface area contributed by atoms with Crippen molar-refractivity contribution in [1.82, 2.24) is 0 Å². The van der Waals surface area contributed by atoms with E-state index in [2.05, 4.69) is 15.9 Å². The predicted octanol–water partition coefficient (Wildman–Crippen LogP) is 3.71. The lowest BCUT2D eigenvalue weighted by Crippen LogP contribution is -2.27. The molecule has 0 saturated heterocycles. The molecule has 0 bridgehead atoms. The number of carbonyl (C=O) groups excluding carboxylic acids is 1. The van der Waals surface area contributed by atoms with E-state index in [0.29, 0.717) is 29.3 Å². The molecule has 2 N–H and O–H groups in total. The average Bonchev–Trinajstić information content (AvgIpc) is 2.47. The topological polar surface area (TPSA) is 55.6 Å². The van der Waals surface area contributed by atoms with Gasteiger partial charge in [0.15, 0.2) is 0 Å². The molecule has 0 radical (unpaired) electrons. The zero-order valence-corrected chi connectivity index (χ0v) is 13.6. The molecule has 2 aromatic carbocycles. The van der Waals surface area contributed by atoms with E-state index in [1.54, 1.807) is 31.3 Å². The number of anilines is 2. The Kier molecular flexibility index (Phi) is 4.85. The normalized spacial score (nSPS) is 10.2. The highest BCUT2D eigenvalue weighted by molar-refractivity contribution is 9.10. The van der Waals surface area contributed by atoms with E-state index in [4.69, 9.17) is 10.5 Å². The van der Waals surface area contributed by atoms with Gasteiger partial charge in [0.25, 0.3) is 5.91 Å². The molecule has 4 nitrogen and oxygen atoms in total. The summed E-state index contributed by atoms with van der Waals surface area (Å²) in [6, 6.07) is 12.6. The van der Waals surface area contributed by atoms with Gasteiger partial charge in [-0.2, -0.15) is 0 Å². The molecular weight excluding hydrogens is 332 g/mol. The van der Waals surface area contributed by atoms with Gasteiger partial charge in [0.2, 0.25) is 0 Å². The lowest BCUT2D eigenvalue weighted by atomic mass is 10.1. The Labute approximate surface area is 132 Å². The van der Waals surface area contributed by atoms with Crippen molar-refractivity contribution in [3.05, 3.63) is 52.5 Å². The molecule has 2 aromatic rings. The third kappa shape index (κ3) is 3.36. The fourth-order valence-corrected chi connectivity index (χ4v) is 2.42. The number of rotatable bonds is 4. The second-order valence-corrected chi connectivity index (χ2v) is 5.41. The molecule has 2 rings (SSSR count). The summed E-state index contributed by atoms with van der Waals surface area (Å²) < 4.78 is 6.38. The van der Waals surface area contributed by atoms with Crippen molar-refractivity contribution in [1.29, 1.82) is 0 Å². The van der Waals surface area contributed by atoms with Gasteiger partial charge in [-0.1, -0.05) is 28.1 Å². The SMILES string of the molecule is CCOc1ccccc1C(=O)N(C)c1ccc(Br)cc1N. The van der Waals surface area contributed by atoms with Crippen LogP contribution >= 0.6 is 15.9 Å². The first-order valence-corrected chi connectivity index (χ1v) is 7.38. The van der Waals surface area contributed by atoms with Crippen molar-refractivity contribution in [3.63, 3.8) is 0 Å². The Morgan fingerprint density at radius 2 is 2.00 bits per heavy atom. The van der Waals surface area contributed by atoms with E-state index < -0.39 is 0 Å². The van der Waals surface area contributed by atoms with Crippen LogP contribution in [0.4, 0.5) is 11.4 Å². The Hall–Kier alpha value is -2.01. The molecule has 0 aromatic heterocycles. The van der Waals surface area contributed by atoms with Gasteiger partial charge < -0.3 is 15.4 Å². The summed E-state index contributed by atoms with van der Waals surface area (Å²) in [5.74, 6) is 0.417. The van der Waals surface area contributed by atoms with Crippen LogP contribution in [0.15, 0.2) is 46.9 Å². The number of carbonyl (C=O) groups is 1. The van der Waals surface area contributed by atoms with Crippen molar-refractivity contribution in [2.75, 3.05) is 24.3 Å². The molecule has 0 unspecified atom stereocenters. The summed E-state index contributed by atoms with van der Waals surface area (Å²) in [5, 5.41) is 0. The molecule has 0 aliphatic rings. The number of hydrogen-bond donors (Lipinski definition) is 1. The number of para-hydroxylation sites is 1. The van der Waals surface area contributed by atoms with E-state index in [1.807, 2.05) is 25.1 Å². The summed E-state index contributed by atoms with van der Waals surface area (Å²) in [6.45, 7) is 2.39. The zero-order chi connectivity index (χ0) is 15.4. The second kappa shape index (κ2) is 6.63. The number of nitrogen functional groups attached to an aromatic ring is 1. The van der Waals surface area contributed by atoms with Crippen LogP contribution < -0.4 is 15.4 Å². The number of nitrogens with two attached hydrogens (primary N) is 1. The number of benzene rings is 2. The van der Waals surface area contributed by atoms with Gasteiger partial charge in [-0.3, -0.25) is 4.79 Å². The van der Waals surface area contributed by atoms with Crippen LogP contribution in [0.2, 0.25) is 0 Å². The summed E-state index contributed by atoms with van der Waals surface area (Å²) in [7, 11) is 1.70. The van der Waals surface area contributed by atoms with E-state index in [1.165, 1.54) is 4.90 Å². The summed E-state index contributed by atoms with van der Waals surface area (Å²) in [6.07, 6.45) is 0. The molecule has 21 heavy (non-hydrogen) atoms. The lowest BCUT2D eigenvalue weighted by molar-refractivity contribution is 0.0989. The number of ether oxygens (including phenoxy) is 1. The van der Waals surface area contributed by atoms with Crippen LogP contribution in [-0.2, 0) is 0 Å².